The highest BCUT2D eigenvalue weighted by Gasteiger charge is 2.35. The molecule has 0 aliphatic carbocycles. The first kappa shape index (κ1) is 18.5. The molecule has 27 heavy (non-hydrogen) atoms. The molecule has 3 heterocycles. The summed E-state index contributed by atoms with van der Waals surface area (Å²) >= 11 is 1.37. The number of aliphatic imine (C=N–C) groups is 1. The molecule has 1 amide bonds. The number of fused-ring (bicyclic) bond motifs is 3. The number of carbonyl (C=O) groups is 1. The predicted octanol–water partition coefficient (Wildman–Crippen LogP) is 2.19. The second-order valence-corrected chi connectivity index (χ2v) is 10.0. The molecule has 4 rings (SSSR count). The van der Waals surface area contributed by atoms with Crippen LogP contribution >= 0.6 is 11.8 Å². The van der Waals surface area contributed by atoms with Crippen LogP contribution in [0.3, 0.4) is 0 Å². The van der Waals surface area contributed by atoms with Crippen LogP contribution < -0.4 is 0 Å². The Morgan fingerprint density at radius 3 is 2.93 bits per heavy atom. The van der Waals surface area contributed by atoms with Crippen molar-refractivity contribution >= 4 is 44.6 Å². The van der Waals surface area contributed by atoms with Gasteiger partial charge in [-0.25, -0.2) is 18.4 Å². The molecule has 7 nitrogen and oxygen atoms in total. The Balaban J connectivity index is 1.47. The Morgan fingerprint density at radius 2 is 2.19 bits per heavy atom. The standard InChI is InChI=1S/C18H22N4O3S2/c1-2-21(13-8-10-27(24,25)12-13)17(23)11-26-18-20-15-6-4-3-5-14(15)16-7-9-19-22(16)18/h3-6,9,13,16H,2,7-8,10-12H2,1H3/t13-,16+/m1/s1. The molecular formula is C18H22N4O3S2. The lowest BCUT2D eigenvalue weighted by Gasteiger charge is -2.31. The molecule has 0 aromatic heterocycles. The van der Waals surface area contributed by atoms with Gasteiger partial charge in [0.2, 0.25) is 5.91 Å². The van der Waals surface area contributed by atoms with Crippen LogP contribution in [-0.4, -0.2) is 65.5 Å². The lowest BCUT2D eigenvalue weighted by Crippen LogP contribution is -2.42. The van der Waals surface area contributed by atoms with Crippen LogP contribution in [0.15, 0.2) is 34.4 Å². The maximum absolute atomic E-state index is 12.8. The maximum Gasteiger partial charge on any atom is 0.233 e. The van der Waals surface area contributed by atoms with Crippen LogP contribution in [0.1, 0.15) is 31.4 Å². The summed E-state index contributed by atoms with van der Waals surface area (Å²) in [5, 5.41) is 7.03. The molecule has 1 aromatic carbocycles. The fraction of sp³-hybridized carbons (Fsp3) is 0.500. The number of para-hydroxylation sites is 1. The summed E-state index contributed by atoms with van der Waals surface area (Å²) in [4.78, 5) is 19.1. The van der Waals surface area contributed by atoms with Gasteiger partial charge in [-0.15, -0.1) is 0 Å². The maximum atomic E-state index is 12.8. The molecule has 0 radical (unpaired) electrons. The van der Waals surface area contributed by atoms with Gasteiger partial charge in [-0.1, -0.05) is 30.0 Å². The van der Waals surface area contributed by atoms with E-state index in [0.29, 0.717) is 13.0 Å². The third-order valence-corrected chi connectivity index (χ3v) is 7.85. The van der Waals surface area contributed by atoms with Crippen LogP contribution in [-0.2, 0) is 14.6 Å². The van der Waals surface area contributed by atoms with E-state index in [0.717, 1.165) is 22.8 Å². The van der Waals surface area contributed by atoms with Crippen molar-refractivity contribution in [3.63, 3.8) is 0 Å². The van der Waals surface area contributed by atoms with E-state index < -0.39 is 9.84 Å². The Morgan fingerprint density at radius 1 is 1.37 bits per heavy atom. The molecule has 144 valence electrons. The van der Waals surface area contributed by atoms with E-state index in [-0.39, 0.29) is 35.2 Å². The van der Waals surface area contributed by atoms with Gasteiger partial charge in [-0.3, -0.25) is 4.79 Å². The molecule has 1 saturated heterocycles. The molecule has 0 saturated carbocycles. The molecule has 0 bridgehead atoms. The monoisotopic (exact) mass is 406 g/mol. The molecule has 1 aromatic rings. The number of sulfone groups is 1. The number of hydrogen-bond donors (Lipinski definition) is 0. The van der Waals surface area contributed by atoms with Gasteiger partial charge in [0.15, 0.2) is 15.0 Å². The summed E-state index contributed by atoms with van der Waals surface area (Å²) in [6.45, 7) is 2.40. The minimum absolute atomic E-state index is 0.0501. The number of amides is 1. The van der Waals surface area contributed by atoms with Crippen molar-refractivity contribution < 1.29 is 13.2 Å². The predicted molar refractivity (Wildman–Crippen MR) is 108 cm³/mol. The summed E-state index contributed by atoms with van der Waals surface area (Å²) < 4.78 is 23.5. The topological polar surface area (TPSA) is 82.4 Å². The van der Waals surface area contributed by atoms with E-state index in [4.69, 9.17) is 4.99 Å². The number of benzene rings is 1. The second kappa shape index (κ2) is 7.27. The summed E-state index contributed by atoms with van der Waals surface area (Å²) in [7, 11) is -3.02. The Labute approximate surface area is 163 Å². The number of hydrazone groups is 1. The van der Waals surface area contributed by atoms with Gasteiger partial charge in [-0.2, -0.15) is 5.10 Å². The summed E-state index contributed by atoms with van der Waals surface area (Å²) in [5.74, 6) is 0.419. The highest BCUT2D eigenvalue weighted by atomic mass is 32.2. The van der Waals surface area contributed by atoms with Gasteiger partial charge >= 0.3 is 0 Å². The van der Waals surface area contributed by atoms with Gasteiger partial charge in [-0.05, 0) is 19.4 Å². The zero-order valence-corrected chi connectivity index (χ0v) is 16.7. The number of rotatable bonds is 4. The molecule has 1 fully saturated rings. The van der Waals surface area contributed by atoms with Crippen LogP contribution in [0.5, 0.6) is 0 Å². The van der Waals surface area contributed by atoms with E-state index >= 15 is 0 Å². The largest absolute Gasteiger partial charge is 0.338 e. The minimum Gasteiger partial charge on any atom is -0.338 e. The molecule has 0 unspecified atom stereocenters. The molecule has 3 aliphatic rings. The van der Waals surface area contributed by atoms with Crippen molar-refractivity contribution in [2.75, 3.05) is 23.8 Å². The zero-order valence-electron chi connectivity index (χ0n) is 15.1. The fourth-order valence-electron chi connectivity index (χ4n) is 3.85. The van der Waals surface area contributed by atoms with Crippen molar-refractivity contribution in [3.05, 3.63) is 29.8 Å². The average molecular weight is 407 g/mol. The van der Waals surface area contributed by atoms with E-state index in [2.05, 4.69) is 11.2 Å². The number of amidine groups is 1. The molecule has 9 heteroatoms. The van der Waals surface area contributed by atoms with Gasteiger partial charge in [0.05, 0.1) is 29.0 Å². The van der Waals surface area contributed by atoms with Gasteiger partial charge in [0.25, 0.3) is 0 Å². The SMILES string of the molecule is CCN(C(=O)CSC1=Nc2ccccc2[C@@H]2CC=NN12)[C@@H]1CCS(=O)(=O)C1. The molecule has 0 N–H and O–H groups in total. The first-order valence-corrected chi connectivity index (χ1v) is 11.9. The first-order chi connectivity index (χ1) is 13.0. The summed E-state index contributed by atoms with van der Waals surface area (Å²) in [6.07, 6.45) is 3.23. The Bertz CT molecular complexity index is 913. The lowest BCUT2D eigenvalue weighted by molar-refractivity contribution is -0.129. The number of hydrogen-bond acceptors (Lipinski definition) is 7. The third kappa shape index (κ3) is 3.62. The normalized spacial score (nSPS) is 25.1. The summed E-state index contributed by atoms with van der Waals surface area (Å²) in [5.41, 5.74) is 2.07. The highest BCUT2D eigenvalue weighted by Crippen LogP contribution is 2.40. The van der Waals surface area contributed by atoms with Crippen molar-refractivity contribution in [2.24, 2.45) is 10.1 Å². The average Bonchev–Trinajstić information content (AvgIpc) is 3.27. The van der Waals surface area contributed by atoms with E-state index in [1.54, 1.807) is 4.90 Å². The smallest absolute Gasteiger partial charge is 0.233 e. The minimum atomic E-state index is -3.02. The summed E-state index contributed by atoms with van der Waals surface area (Å²) in [6, 6.07) is 7.94. The van der Waals surface area contributed by atoms with Gasteiger partial charge in [0, 0.05) is 30.8 Å². The first-order valence-electron chi connectivity index (χ1n) is 9.10. The molecule has 3 aliphatic heterocycles. The van der Waals surface area contributed by atoms with Crippen LogP contribution in [0.2, 0.25) is 0 Å². The zero-order chi connectivity index (χ0) is 19.0. The van der Waals surface area contributed by atoms with Gasteiger partial charge in [0.1, 0.15) is 0 Å². The lowest BCUT2D eigenvalue weighted by atomic mass is 10.0. The number of thioether (sulfide) groups is 1. The van der Waals surface area contributed by atoms with Crippen LogP contribution in [0, 0.1) is 0 Å². The second-order valence-electron chi connectivity index (χ2n) is 6.87. The van der Waals surface area contributed by atoms with Crippen molar-refractivity contribution in [1.29, 1.82) is 0 Å². The van der Waals surface area contributed by atoms with Crippen molar-refractivity contribution in [1.82, 2.24) is 9.91 Å². The Kier molecular flexibility index (Phi) is 4.98. The Hall–Kier alpha value is -1.87. The molecular weight excluding hydrogens is 384 g/mol. The van der Waals surface area contributed by atoms with Crippen LogP contribution in [0.25, 0.3) is 0 Å². The molecule has 2 atom stereocenters. The quantitative estimate of drug-likeness (QED) is 0.765. The van der Waals surface area contributed by atoms with E-state index in [9.17, 15) is 13.2 Å². The molecule has 0 spiro atoms. The highest BCUT2D eigenvalue weighted by molar-refractivity contribution is 8.14. The third-order valence-electron chi connectivity index (χ3n) is 5.17. The number of nitrogens with zero attached hydrogens (tertiary/aromatic N) is 4. The van der Waals surface area contributed by atoms with Gasteiger partial charge < -0.3 is 4.90 Å². The van der Waals surface area contributed by atoms with Crippen molar-refractivity contribution in [3.8, 4) is 0 Å². The van der Waals surface area contributed by atoms with Crippen molar-refractivity contribution in [2.45, 2.75) is 31.8 Å². The fourth-order valence-corrected chi connectivity index (χ4v) is 6.47. The van der Waals surface area contributed by atoms with Crippen LogP contribution in [0.4, 0.5) is 5.69 Å². The van der Waals surface area contributed by atoms with E-state index in [1.165, 1.54) is 11.8 Å². The number of carbonyl (C=O) groups excluding carboxylic acids is 1. The van der Waals surface area contributed by atoms with E-state index in [1.807, 2.05) is 36.3 Å².